The summed E-state index contributed by atoms with van der Waals surface area (Å²) < 4.78 is 5.47. The average Bonchev–Trinajstić information content (AvgIpc) is 2.53. The predicted octanol–water partition coefficient (Wildman–Crippen LogP) is 0.767. The second-order valence-electron chi connectivity index (χ2n) is 3.47. The summed E-state index contributed by atoms with van der Waals surface area (Å²) in [6.45, 7) is 6.96. The molecule has 2 rings (SSSR count). The Morgan fingerprint density at radius 2 is 2.50 bits per heavy atom. The molecule has 0 aromatic carbocycles. The largest absolute Gasteiger partial charge is 0.353 e. The molecular weight excluding hydrogens is 154 g/mol. The minimum absolute atomic E-state index is 0.00463. The molecule has 2 saturated heterocycles. The minimum Gasteiger partial charge on any atom is -0.353 e. The molecule has 3 nitrogen and oxygen atoms in total. The van der Waals surface area contributed by atoms with E-state index in [4.69, 9.17) is 4.74 Å². The maximum absolute atomic E-state index is 11.1. The van der Waals surface area contributed by atoms with Gasteiger partial charge in [-0.05, 0) is 12.0 Å². The Morgan fingerprint density at radius 1 is 1.75 bits per heavy atom. The molecule has 2 aliphatic heterocycles. The first-order valence-electron chi connectivity index (χ1n) is 4.26. The topological polar surface area (TPSA) is 29.5 Å². The van der Waals surface area contributed by atoms with E-state index in [-0.39, 0.29) is 12.1 Å². The van der Waals surface area contributed by atoms with Crippen LogP contribution in [0.1, 0.15) is 13.3 Å². The smallest absolute Gasteiger partial charge is 0.221 e. The van der Waals surface area contributed by atoms with Crippen molar-refractivity contribution in [2.75, 3.05) is 13.2 Å². The highest BCUT2D eigenvalue weighted by Crippen LogP contribution is 2.35. The monoisotopic (exact) mass is 167 g/mol. The molecule has 0 spiro atoms. The van der Waals surface area contributed by atoms with Gasteiger partial charge in [0, 0.05) is 19.4 Å². The van der Waals surface area contributed by atoms with Gasteiger partial charge in [-0.2, -0.15) is 0 Å². The van der Waals surface area contributed by atoms with Gasteiger partial charge in [-0.15, -0.1) is 0 Å². The summed E-state index contributed by atoms with van der Waals surface area (Å²) in [5.41, 5.74) is 1.14. The van der Waals surface area contributed by atoms with Crippen molar-refractivity contribution < 1.29 is 9.53 Å². The van der Waals surface area contributed by atoms with Crippen molar-refractivity contribution in [3.63, 3.8) is 0 Å². The van der Waals surface area contributed by atoms with Crippen LogP contribution in [0.3, 0.4) is 0 Å². The zero-order chi connectivity index (χ0) is 8.72. The third-order valence-corrected chi connectivity index (χ3v) is 2.70. The highest BCUT2D eigenvalue weighted by molar-refractivity contribution is 5.74. The van der Waals surface area contributed by atoms with Crippen molar-refractivity contribution in [2.24, 2.45) is 5.92 Å². The molecule has 0 saturated carbocycles. The second kappa shape index (κ2) is 2.59. The lowest BCUT2D eigenvalue weighted by Crippen LogP contribution is -2.35. The normalized spacial score (nSPS) is 34.1. The Morgan fingerprint density at radius 3 is 3.17 bits per heavy atom. The van der Waals surface area contributed by atoms with Gasteiger partial charge in [0.2, 0.25) is 5.91 Å². The molecule has 1 amide bonds. The van der Waals surface area contributed by atoms with Crippen molar-refractivity contribution in [3.05, 3.63) is 12.2 Å². The van der Waals surface area contributed by atoms with Crippen LogP contribution in [0.2, 0.25) is 0 Å². The fourth-order valence-electron chi connectivity index (χ4n) is 2.01. The van der Waals surface area contributed by atoms with Crippen molar-refractivity contribution >= 4 is 5.91 Å². The number of nitrogens with zero attached hydrogens (tertiary/aromatic N) is 1. The fourth-order valence-corrected chi connectivity index (χ4v) is 2.01. The molecule has 0 aromatic heterocycles. The van der Waals surface area contributed by atoms with Gasteiger partial charge < -0.3 is 9.64 Å². The zero-order valence-electron chi connectivity index (χ0n) is 7.25. The maximum Gasteiger partial charge on any atom is 0.221 e. The van der Waals surface area contributed by atoms with Crippen molar-refractivity contribution in [3.8, 4) is 0 Å². The lowest BCUT2D eigenvalue weighted by Gasteiger charge is -2.20. The standard InChI is InChI=1S/C9H13NO2/c1-6-5-12-9-8(6)3-4-10(9)7(2)11/h8-9H,1,3-5H2,2H3/t8-,9+/m1/s1. The van der Waals surface area contributed by atoms with E-state index in [2.05, 4.69) is 6.58 Å². The fraction of sp³-hybridized carbons (Fsp3) is 0.667. The molecule has 12 heavy (non-hydrogen) atoms. The van der Waals surface area contributed by atoms with Crippen LogP contribution in [-0.2, 0) is 9.53 Å². The van der Waals surface area contributed by atoms with E-state index >= 15 is 0 Å². The highest BCUT2D eigenvalue weighted by atomic mass is 16.5. The predicted molar refractivity (Wildman–Crippen MR) is 44.4 cm³/mol. The first kappa shape index (κ1) is 7.80. The number of hydrogen-bond acceptors (Lipinski definition) is 2. The van der Waals surface area contributed by atoms with E-state index < -0.39 is 0 Å². The number of fused-ring (bicyclic) bond motifs is 1. The van der Waals surface area contributed by atoms with E-state index in [1.165, 1.54) is 0 Å². The van der Waals surface area contributed by atoms with Crippen LogP contribution in [0.4, 0.5) is 0 Å². The van der Waals surface area contributed by atoms with Gasteiger partial charge >= 0.3 is 0 Å². The maximum atomic E-state index is 11.1. The number of hydrogen-bond donors (Lipinski definition) is 0. The molecule has 2 aliphatic rings. The van der Waals surface area contributed by atoms with Crippen molar-refractivity contribution in [1.82, 2.24) is 4.90 Å². The first-order valence-corrected chi connectivity index (χ1v) is 4.26. The van der Waals surface area contributed by atoms with Crippen LogP contribution < -0.4 is 0 Å². The molecule has 2 fully saturated rings. The number of carbonyl (C=O) groups excluding carboxylic acids is 1. The van der Waals surface area contributed by atoms with E-state index in [0.29, 0.717) is 12.5 Å². The first-order chi connectivity index (χ1) is 5.70. The summed E-state index contributed by atoms with van der Waals surface area (Å²) >= 11 is 0. The van der Waals surface area contributed by atoms with E-state index in [9.17, 15) is 4.79 Å². The molecule has 2 heterocycles. The summed E-state index contributed by atoms with van der Waals surface area (Å²) in [4.78, 5) is 12.9. The molecule has 0 aromatic rings. The highest BCUT2D eigenvalue weighted by Gasteiger charge is 2.41. The number of ether oxygens (including phenoxy) is 1. The number of rotatable bonds is 0. The Kier molecular flexibility index (Phi) is 1.68. The quantitative estimate of drug-likeness (QED) is 0.499. The molecule has 3 heteroatoms. The van der Waals surface area contributed by atoms with Gasteiger partial charge in [0.05, 0.1) is 6.61 Å². The third kappa shape index (κ3) is 0.966. The minimum atomic E-state index is -0.00463. The van der Waals surface area contributed by atoms with E-state index in [1.54, 1.807) is 11.8 Å². The van der Waals surface area contributed by atoms with Crippen LogP contribution in [0, 0.1) is 5.92 Å². The molecule has 0 unspecified atom stereocenters. The molecule has 0 aliphatic carbocycles. The van der Waals surface area contributed by atoms with Crippen LogP contribution in [0.25, 0.3) is 0 Å². The lowest BCUT2D eigenvalue weighted by molar-refractivity contribution is -0.137. The summed E-state index contributed by atoms with van der Waals surface area (Å²) in [5, 5.41) is 0. The molecule has 0 radical (unpaired) electrons. The van der Waals surface area contributed by atoms with Gasteiger partial charge in [0.1, 0.15) is 6.23 Å². The summed E-state index contributed by atoms with van der Waals surface area (Å²) in [7, 11) is 0. The van der Waals surface area contributed by atoms with Gasteiger partial charge in [-0.1, -0.05) is 6.58 Å². The van der Waals surface area contributed by atoms with Gasteiger partial charge in [-0.3, -0.25) is 4.79 Å². The average molecular weight is 167 g/mol. The summed E-state index contributed by atoms with van der Waals surface area (Å²) in [5.74, 6) is 0.506. The number of amides is 1. The molecule has 2 atom stereocenters. The van der Waals surface area contributed by atoms with Crippen LogP contribution >= 0.6 is 0 Å². The molecule has 0 bridgehead atoms. The summed E-state index contributed by atoms with van der Waals surface area (Å²) in [6, 6.07) is 0. The SMILES string of the molecule is C=C1CO[C@H]2[C@@H]1CCN2C(C)=O. The van der Waals surface area contributed by atoms with Crippen LogP contribution in [0.15, 0.2) is 12.2 Å². The lowest BCUT2D eigenvalue weighted by atomic mass is 10.0. The van der Waals surface area contributed by atoms with Gasteiger partial charge in [-0.25, -0.2) is 0 Å². The Bertz CT molecular complexity index is 237. The van der Waals surface area contributed by atoms with E-state index in [1.807, 2.05) is 0 Å². The summed E-state index contributed by atoms with van der Waals surface area (Å²) in [6.07, 6.45) is 1.01. The van der Waals surface area contributed by atoms with Crippen molar-refractivity contribution in [2.45, 2.75) is 19.6 Å². The Labute approximate surface area is 72.0 Å². The third-order valence-electron chi connectivity index (χ3n) is 2.70. The second-order valence-corrected chi connectivity index (χ2v) is 3.47. The number of carbonyl (C=O) groups is 1. The zero-order valence-corrected chi connectivity index (χ0v) is 7.25. The number of likely N-dealkylation sites (tertiary alicyclic amines) is 1. The van der Waals surface area contributed by atoms with Crippen LogP contribution in [-0.4, -0.2) is 30.2 Å². The van der Waals surface area contributed by atoms with E-state index in [0.717, 1.165) is 18.5 Å². The van der Waals surface area contributed by atoms with Crippen molar-refractivity contribution in [1.29, 1.82) is 0 Å². The Hall–Kier alpha value is -0.830. The molecule has 66 valence electrons. The molecule has 0 N–H and O–H groups in total. The van der Waals surface area contributed by atoms with Gasteiger partial charge in [0.25, 0.3) is 0 Å². The molecular formula is C9H13NO2. The van der Waals surface area contributed by atoms with Gasteiger partial charge in [0.15, 0.2) is 0 Å². The van der Waals surface area contributed by atoms with Crippen LogP contribution in [0.5, 0.6) is 0 Å². The Balaban J connectivity index is 2.15.